The van der Waals surface area contributed by atoms with Crippen LogP contribution in [-0.4, -0.2) is 60.5 Å². The summed E-state index contributed by atoms with van der Waals surface area (Å²) in [4.78, 5) is 2.14. The number of aliphatic hydroxyl groups excluding tert-OH is 2. The van der Waals surface area contributed by atoms with E-state index in [0.717, 1.165) is 18.8 Å². The van der Waals surface area contributed by atoms with Gasteiger partial charge in [-0.25, -0.2) is 0 Å². The van der Waals surface area contributed by atoms with Crippen molar-refractivity contribution < 1.29 is 10.2 Å². The molecule has 0 aromatic rings. The molecule has 80 valence electrons. The largest absolute Gasteiger partial charge is 0.396 e. The standard InChI is InChI=1S/C9H21NO2S/c1-9(7-11,8-12)6-10(2)4-5-13-3/h11-12H,4-8H2,1-3H3. The molecule has 2 N–H and O–H groups in total. The Bertz CT molecular complexity index is 129. The summed E-state index contributed by atoms with van der Waals surface area (Å²) in [5, 5.41) is 18.1. The first-order valence-electron chi connectivity index (χ1n) is 4.47. The van der Waals surface area contributed by atoms with Crippen LogP contribution in [0.1, 0.15) is 6.92 Å². The number of rotatable bonds is 7. The maximum atomic E-state index is 9.07. The van der Waals surface area contributed by atoms with Gasteiger partial charge >= 0.3 is 0 Å². The maximum Gasteiger partial charge on any atom is 0.0519 e. The van der Waals surface area contributed by atoms with Crippen molar-refractivity contribution in [3.05, 3.63) is 0 Å². The zero-order valence-electron chi connectivity index (χ0n) is 8.79. The third-order valence-corrected chi connectivity index (χ3v) is 2.68. The Kier molecular flexibility index (Phi) is 6.77. The Balaban J connectivity index is 3.79. The fraction of sp³-hybridized carbons (Fsp3) is 1.00. The molecule has 0 bridgehead atoms. The van der Waals surface area contributed by atoms with E-state index in [1.165, 1.54) is 0 Å². The van der Waals surface area contributed by atoms with E-state index >= 15 is 0 Å². The Morgan fingerprint density at radius 2 is 1.85 bits per heavy atom. The summed E-state index contributed by atoms with van der Waals surface area (Å²) in [5.74, 6) is 1.09. The molecule has 0 unspecified atom stereocenters. The minimum Gasteiger partial charge on any atom is -0.396 e. The summed E-state index contributed by atoms with van der Waals surface area (Å²) < 4.78 is 0. The number of hydrogen-bond donors (Lipinski definition) is 2. The van der Waals surface area contributed by atoms with Crippen LogP contribution in [0.4, 0.5) is 0 Å². The van der Waals surface area contributed by atoms with E-state index in [9.17, 15) is 0 Å². The van der Waals surface area contributed by atoms with Gasteiger partial charge in [0, 0.05) is 24.3 Å². The predicted molar refractivity (Wildman–Crippen MR) is 58.2 cm³/mol. The predicted octanol–water partition coefficient (Wildman–Crippen LogP) is 0.272. The first kappa shape index (κ1) is 13.2. The average molecular weight is 207 g/mol. The Morgan fingerprint density at radius 1 is 1.31 bits per heavy atom. The highest BCUT2D eigenvalue weighted by Crippen LogP contribution is 2.15. The molecule has 0 amide bonds. The molecule has 0 aliphatic carbocycles. The summed E-state index contributed by atoms with van der Waals surface area (Å²) in [6.07, 6.45) is 2.07. The Morgan fingerprint density at radius 3 is 2.23 bits per heavy atom. The molecule has 4 heteroatoms. The van der Waals surface area contributed by atoms with Crippen molar-refractivity contribution in [1.29, 1.82) is 0 Å². The topological polar surface area (TPSA) is 43.7 Å². The summed E-state index contributed by atoms with van der Waals surface area (Å²) in [6, 6.07) is 0. The van der Waals surface area contributed by atoms with Crippen LogP contribution in [0.15, 0.2) is 0 Å². The van der Waals surface area contributed by atoms with E-state index in [1.807, 2.05) is 14.0 Å². The molecule has 3 nitrogen and oxygen atoms in total. The zero-order valence-corrected chi connectivity index (χ0v) is 9.60. The summed E-state index contributed by atoms with van der Waals surface area (Å²) in [6.45, 7) is 3.69. The summed E-state index contributed by atoms with van der Waals surface area (Å²) in [5.41, 5.74) is -0.368. The van der Waals surface area contributed by atoms with Crippen LogP contribution in [0.2, 0.25) is 0 Å². The molecule has 0 aliphatic rings. The first-order valence-corrected chi connectivity index (χ1v) is 5.86. The maximum absolute atomic E-state index is 9.07. The van der Waals surface area contributed by atoms with Crippen molar-refractivity contribution in [2.45, 2.75) is 6.92 Å². The van der Waals surface area contributed by atoms with Gasteiger partial charge in [-0.2, -0.15) is 11.8 Å². The molecule has 0 aliphatic heterocycles. The van der Waals surface area contributed by atoms with Crippen LogP contribution < -0.4 is 0 Å². The molecule has 0 atom stereocenters. The van der Waals surface area contributed by atoms with E-state index in [-0.39, 0.29) is 18.6 Å². The second-order valence-electron chi connectivity index (χ2n) is 3.86. The van der Waals surface area contributed by atoms with Gasteiger partial charge in [0.1, 0.15) is 0 Å². The lowest BCUT2D eigenvalue weighted by atomic mass is 9.92. The van der Waals surface area contributed by atoms with Gasteiger partial charge in [0.2, 0.25) is 0 Å². The highest BCUT2D eigenvalue weighted by atomic mass is 32.2. The van der Waals surface area contributed by atoms with Crippen LogP contribution >= 0.6 is 11.8 Å². The molecule has 0 radical (unpaired) electrons. The second-order valence-corrected chi connectivity index (χ2v) is 4.84. The van der Waals surface area contributed by atoms with Crippen LogP contribution in [0.25, 0.3) is 0 Å². The normalized spacial score (nSPS) is 12.5. The van der Waals surface area contributed by atoms with Crippen LogP contribution in [0.3, 0.4) is 0 Å². The van der Waals surface area contributed by atoms with Crippen molar-refractivity contribution in [2.24, 2.45) is 5.41 Å². The summed E-state index contributed by atoms with van der Waals surface area (Å²) in [7, 11) is 2.01. The van der Waals surface area contributed by atoms with Gasteiger partial charge in [-0.05, 0) is 13.3 Å². The number of thioether (sulfide) groups is 1. The molecule has 0 fully saturated rings. The second kappa shape index (κ2) is 6.65. The lowest BCUT2D eigenvalue weighted by Gasteiger charge is -2.30. The minimum atomic E-state index is -0.368. The van der Waals surface area contributed by atoms with E-state index in [0.29, 0.717) is 0 Å². The van der Waals surface area contributed by atoms with Crippen LogP contribution in [0.5, 0.6) is 0 Å². The van der Waals surface area contributed by atoms with Crippen molar-refractivity contribution >= 4 is 11.8 Å². The van der Waals surface area contributed by atoms with E-state index in [4.69, 9.17) is 10.2 Å². The van der Waals surface area contributed by atoms with Gasteiger partial charge in [0.25, 0.3) is 0 Å². The van der Waals surface area contributed by atoms with Gasteiger partial charge < -0.3 is 15.1 Å². The molecule has 0 aromatic heterocycles. The molecule has 13 heavy (non-hydrogen) atoms. The minimum absolute atomic E-state index is 0.0348. The van der Waals surface area contributed by atoms with Gasteiger partial charge in [0.05, 0.1) is 13.2 Å². The fourth-order valence-electron chi connectivity index (χ4n) is 1.13. The Labute approximate surface area is 85.1 Å². The summed E-state index contributed by atoms with van der Waals surface area (Å²) >= 11 is 1.80. The number of aliphatic hydroxyl groups is 2. The van der Waals surface area contributed by atoms with Gasteiger partial charge in [-0.1, -0.05) is 6.92 Å². The molecule has 0 heterocycles. The lowest BCUT2D eigenvalue weighted by molar-refractivity contribution is 0.0435. The van der Waals surface area contributed by atoms with Gasteiger partial charge in [-0.3, -0.25) is 0 Å². The monoisotopic (exact) mass is 207 g/mol. The third-order valence-electron chi connectivity index (χ3n) is 2.09. The van der Waals surface area contributed by atoms with Crippen molar-refractivity contribution in [1.82, 2.24) is 4.90 Å². The van der Waals surface area contributed by atoms with E-state index in [2.05, 4.69) is 11.2 Å². The molecule has 0 rings (SSSR count). The fourth-order valence-corrected chi connectivity index (χ4v) is 1.62. The number of nitrogens with zero attached hydrogens (tertiary/aromatic N) is 1. The molecular weight excluding hydrogens is 186 g/mol. The number of hydrogen-bond acceptors (Lipinski definition) is 4. The Hall–Kier alpha value is 0.230. The highest BCUT2D eigenvalue weighted by Gasteiger charge is 2.23. The lowest BCUT2D eigenvalue weighted by Crippen LogP contribution is -2.39. The molecule has 0 saturated carbocycles. The quantitative estimate of drug-likeness (QED) is 0.629. The van der Waals surface area contributed by atoms with E-state index < -0.39 is 0 Å². The SMILES string of the molecule is CSCCN(C)CC(C)(CO)CO. The van der Waals surface area contributed by atoms with Crippen molar-refractivity contribution in [3.8, 4) is 0 Å². The van der Waals surface area contributed by atoms with Crippen molar-refractivity contribution in [3.63, 3.8) is 0 Å². The third kappa shape index (κ3) is 5.52. The molecule has 0 spiro atoms. The molecule has 0 aromatic carbocycles. The van der Waals surface area contributed by atoms with Gasteiger partial charge in [0.15, 0.2) is 0 Å². The first-order chi connectivity index (χ1) is 6.08. The van der Waals surface area contributed by atoms with Crippen LogP contribution in [0, 0.1) is 5.41 Å². The van der Waals surface area contributed by atoms with E-state index in [1.54, 1.807) is 11.8 Å². The van der Waals surface area contributed by atoms with Crippen molar-refractivity contribution in [2.75, 3.05) is 45.4 Å². The smallest absolute Gasteiger partial charge is 0.0519 e. The molecule has 0 saturated heterocycles. The highest BCUT2D eigenvalue weighted by molar-refractivity contribution is 7.98. The molecular formula is C9H21NO2S. The van der Waals surface area contributed by atoms with Gasteiger partial charge in [-0.15, -0.1) is 0 Å². The average Bonchev–Trinajstić information content (AvgIpc) is 2.14. The zero-order chi connectivity index (χ0) is 10.3. The van der Waals surface area contributed by atoms with Crippen LogP contribution in [-0.2, 0) is 0 Å².